The Labute approximate surface area is 155 Å². The van der Waals surface area contributed by atoms with Crippen LogP contribution in [-0.4, -0.2) is 47.0 Å². The Hall–Kier alpha value is -1.82. The van der Waals surface area contributed by atoms with E-state index in [4.69, 9.17) is 4.74 Å². The zero-order valence-corrected chi connectivity index (χ0v) is 15.9. The van der Waals surface area contributed by atoms with Crippen molar-refractivity contribution >= 4 is 11.6 Å². The molecule has 0 radical (unpaired) electrons. The van der Waals surface area contributed by atoms with Crippen molar-refractivity contribution in [3.05, 3.63) is 28.9 Å². The van der Waals surface area contributed by atoms with Crippen LogP contribution in [0.1, 0.15) is 57.6 Å². The summed E-state index contributed by atoms with van der Waals surface area (Å²) in [5, 5.41) is 0. The van der Waals surface area contributed by atoms with E-state index in [9.17, 15) is 9.70 Å². The molecule has 1 saturated heterocycles. The highest BCUT2D eigenvalue weighted by molar-refractivity contribution is 5.96. The van der Waals surface area contributed by atoms with Crippen molar-refractivity contribution in [1.29, 1.82) is 0 Å². The first-order chi connectivity index (χ1) is 12.5. The Bertz CT molecular complexity index is 643. The van der Waals surface area contributed by atoms with Gasteiger partial charge in [0.1, 0.15) is 6.10 Å². The first kappa shape index (κ1) is 19.0. The summed E-state index contributed by atoms with van der Waals surface area (Å²) in [6.45, 7) is 4.62. The molecule has 0 bridgehead atoms. The van der Waals surface area contributed by atoms with Gasteiger partial charge in [-0.15, -0.1) is 0 Å². The first-order valence-corrected chi connectivity index (χ1v) is 9.88. The highest BCUT2D eigenvalue weighted by Gasteiger charge is 2.34. The normalized spacial score (nSPS) is 23.8. The minimum absolute atomic E-state index is 0.0444. The predicted octanol–water partition coefficient (Wildman–Crippen LogP) is 3.40. The number of aryl methyl sites for hydroxylation is 1. The second kappa shape index (κ2) is 8.71. The van der Waals surface area contributed by atoms with Crippen molar-refractivity contribution in [2.24, 2.45) is 0 Å². The molecule has 0 aromatic carbocycles. The monoisotopic (exact) mass is 360 g/mol. The summed E-state index contributed by atoms with van der Waals surface area (Å²) in [5.41, 5.74) is 1.65. The highest BCUT2D eigenvalue weighted by atomic mass is 16.5. The van der Waals surface area contributed by atoms with E-state index in [0.29, 0.717) is 13.1 Å². The summed E-state index contributed by atoms with van der Waals surface area (Å²) >= 11 is 0. The maximum Gasteiger partial charge on any atom is 0.256 e. The summed E-state index contributed by atoms with van der Waals surface area (Å²) in [5.74, 6) is -0.0444. The third kappa shape index (κ3) is 4.67. The maximum atomic E-state index is 13.1. The number of hydrogen-bond donors (Lipinski definition) is 0. The molecule has 1 aromatic rings. The molecule has 2 atom stereocenters. The topological polar surface area (TPSA) is 62.5 Å². The fourth-order valence-electron chi connectivity index (χ4n) is 3.97. The van der Waals surface area contributed by atoms with Crippen LogP contribution in [0.5, 0.6) is 0 Å². The lowest BCUT2D eigenvalue weighted by Crippen LogP contribution is -2.43. The molecule has 0 spiro atoms. The molecule has 26 heavy (non-hydrogen) atoms. The second-order valence-corrected chi connectivity index (χ2v) is 7.59. The van der Waals surface area contributed by atoms with E-state index in [2.05, 4.69) is 4.98 Å². The molecule has 1 aliphatic carbocycles. The minimum atomic E-state index is -0.409. The van der Waals surface area contributed by atoms with Gasteiger partial charge in [-0.2, -0.15) is 0 Å². The van der Waals surface area contributed by atoms with E-state index in [-0.39, 0.29) is 18.1 Å². The van der Waals surface area contributed by atoms with Gasteiger partial charge in [-0.1, -0.05) is 6.42 Å². The molecule has 1 saturated carbocycles. The number of ether oxygens (including phenoxy) is 1. The molecule has 1 aliphatic heterocycles. The van der Waals surface area contributed by atoms with Gasteiger partial charge in [0.05, 0.1) is 12.6 Å². The number of rotatable bonds is 6. The molecule has 2 unspecified atom stereocenters. The molecule has 0 N–H and O–H groups in total. The van der Waals surface area contributed by atoms with Gasteiger partial charge in [0.2, 0.25) is 12.6 Å². The van der Waals surface area contributed by atoms with Crippen LogP contribution >= 0.6 is 0 Å². The number of amides is 1. The standard InChI is InChI=1S/C20H30N3O3/c1-15-14-18(10-11-21-15)22(20(24)19-9-8-16(2)26-19)12-13-23(25)17-6-4-3-5-7-17/h10-11,14,16-17,19H,3-9,12-13H2,1-2H3/q+1. The third-order valence-corrected chi connectivity index (χ3v) is 5.49. The smallest absolute Gasteiger partial charge is 0.256 e. The van der Waals surface area contributed by atoms with Crippen molar-refractivity contribution in [1.82, 2.24) is 4.98 Å². The fourth-order valence-corrected chi connectivity index (χ4v) is 3.97. The number of anilines is 1. The Morgan fingerprint density at radius 2 is 2.04 bits per heavy atom. The molecule has 2 fully saturated rings. The Balaban J connectivity index is 1.70. The SMILES string of the molecule is Cc1cc(N(CC[N+](=O)C2CCCCC2)C(=O)C2CCC(C)O2)ccn1. The van der Waals surface area contributed by atoms with Gasteiger partial charge >= 0.3 is 0 Å². The summed E-state index contributed by atoms with van der Waals surface area (Å²) in [4.78, 5) is 31.5. The lowest BCUT2D eigenvalue weighted by molar-refractivity contribution is -0.587. The van der Waals surface area contributed by atoms with E-state index >= 15 is 0 Å². The van der Waals surface area contributed by atoms with Crippen molar-refractivity contribution in [3.63, 3.8) is 0 Å². The summed E-state index contributed by atoms with van der Waals surface area (Å²) in [6.07, 6.45) is 8.47. The number of carbonyl (C=O) groups excluding carboxylic acids is 1. The van der Waals surface area contributed by atoms with Crippen LogP contribution in [-0.2, 0) is 9.53 Å². The van der Waals surface area contributed by atoms with Crippen LogP contribution in [0.3, 0.4) is 0 Å². The lowest BCUT2D eigenvalue weighted by Gasteiger charge is -2.25. The molecule has 2 heterocycles. The largest absolute Gasteiger partial charge is 0.365 e. The molecule has 3 rings (SSSR count). The summed E-state index contributed by atoms with van der Waals surface area (Å²) in [7, 11) is 0. The van der Waals surface area contributed by atoms with Crippen LogP contribution in [0.2, 0.25) is 0 Å². The molecule has 1 aromatic heterocycles. The third-order valence-electron chi connectivity index (χ3n) is 5.49. The number of nitroso groups, excluding NO2 is 1. The van der Waals surface area contributed by atoms with Gasteiger partial charge in [0, 0.05) is 40.1 Å². The lowest BCUT2D eigenvalue weighted by atomic mass is 9.95. The molecular weight excluding hydrogens is 330 g/mol. The average molecular weight is 360 g/mol. The van der Waals surface area contributed by atoms with Crippen molar-refractivity contribution < 1.29 is 14.3 Å². The van der Waals surface area contributed by atoms with E-state index < -0.39 is 6.10 Å². The quantitative estimate of drug-likeness (QED) is 0.730. The zero-order valence-electron chi connectivity index (χ0n) is 15.9. The maximum absolute atomic E-state index is 13.1. The first-order valence-electron chi connectivity index (χ1n) is 9.88. The van der Waals surface area contributed by atoms with Crippen molar-refractivity contribution in [2.75, 3.05) is 18.0 Å². The Morgan fingerprint density at radius 1 is 1.27 bits per heavy atom. The molecule has 142 valence electrons. The molecular formula is C20H30N3O3+. The Kier molecular flexibility index (Phi) is 6.35. The molecule has 2 aliphatic rings. The number of hydrogen-bond acceptors (Lipinski definition) is 4. The number of carbonyl (C=O) groups is 1. The molecule has 6 nitrogen and oxygen atoms in total. The van der Waals surface area contributed by atoms with E-state index in [1.165, 1.54) is 11.2 Å². The number of pyridine rings is 1. The molecule has 1 amide bonds. The van der Waals surface area contributed by atoms with Crippen LogP contribution < -0.4 is 4.90 Å². The van der Waals surface area contributed by atoms with E-state index in [1.54, 1.807) is 11.1 Å². The van der Waals surface area contributed by atoms with Gasteiger partial charge in [-0.3, -0.25) is 9.78 Å². The Morgan fingerprint density at radius 3 is 2.69 bits per heavy atom. The van der Waals surface area contributed by atoms with Gasteiger partial charge in [-0.25, -0.2) is 0 Å². The van der Waals surface area contributed by atoms with Crippen LogP contribution in [0.4, 0.5) is 5.69 Å². The van der Waals surface area contributed by atoms with Crippen LogP contribution in [0.15, 0.2) is 18.3 Å². The van der Waals surface area contributed by atoms with Gasteiger partial charge in [0.15, 0.2) is 0 Å². The average Bonchev–Trinajstić information content (AvgIpc) is 3.09. The molecule has 6 heteroatoms. The van der Waals surface area contributed by atoms with Crippen molar-refractivity contribution in [2.45, 2.75) is 77.0 Å². The predicted molar refractivity (Wildman–Crippen MR) is 100 cm³/mol. The van der Waals surface area contributed by atoms with E-state index in [1.807, 2.05) is 26.0 Å². The fraction of sp³-hybridized carbons (Fsp3) is 0.700. The minimum Gasteiger partial charge on any atom is -0.365 e. The summed E-state index contributed by atoms with van der Waals surface area (Å²) in [6, 6.07) is 3.83. The van der Waals surface area contributed by atoms with Gasteiger partial charge in [0.25, 0.3) is 5.91 Å². The zero-order chi connectivity index (χ0) is 18.5. The van der Waals surface area contributed by atoms with Crippen molar-refractivity contribution in [3.8, 4) is 0 Å². The summed E-state index contributed by atoms with van der Waals surface area (Å²) < 4.78 is 6.97. The van der Waals surface area contributed by atoms with Gasteiger partial charge in [-0.05, 0) is 51.7 Å². The number of nitrogens with zero attached hydrogens (tertiary/aromatic N) is 3. The van der Waals surface area contributed by atoms with Crippen LogP contribution in [0, 0.1) is 11.8 Å². The number of aromatic nitrogens is 1. The second-order valence-electron chi connectivity index (χ2n) is 7.59. The van der Waals surface area contributed by atoms with Crippen LogP contribution in [0.25, 0.3) is 0 Å². The van der Waals surface area contributed by atoms with Gasteiger partial charge < -0.3 is 9.64 Å². The highest BCUT2D eigenvalue weighted by Crippen LogP contribution is 2.25. The van der Waals surface area contributed by atoms with E-state index in [0.717, 1.165) is 49.9 Å².